The maximum atomic E-state index is 12.7. The van der Waals surface area contributed by atoms with Crippen LogP contribution in [0.1, 0.15) is 66.0 Å². The molecule has 0 bridgehead atoms. The molecule has 0 radical (unpaired) electrons. The van der Waals surface area contributed by atoms with Crippen molar-refractivity contribution in [2.75, 3.05) is 13.1 Å². The lowest BCUT2D eigenvalue weighted by molar-refractivity contribution is 0.0898. The number of aromatic amines is 1. The summed E-state index contributed by atoms with van der Waals surface area (Å²) in [6, 6.07) is 0.141. The highest BCUT2D eigenvalue weighted by molar-refractivity contribution is 5.96. The van der Waals surface area contributed by atoms with Crippen LogP contribution in [0, 0.1) is 13.8 Å². The van der Waals surface area contributed by atoms with Crippen molar-refractivity contribution >= 4 is 5.91 Å². The fourth-order valence-corrected chi connectivity index (χ4v) is 3.53. The summed E-state index contributed by atoms with van der Waals surface area (Å²) in [7, 11) is 1.87. The molecule has 2 N–H and O–H groups in total. The summed E-state index contributed by atoms with van der Waals surface area (Å²) in [5.74, 6) is 2.03. The lowest BCUT2D eigenvalue weighted by Crippen LogP contribution is -2.47. The van der Waals surface area contributed by atoms with Crippen LogP contribution in [0.25, 0.3) is 0 Å². The Balaban J connectivity index is 1.60. The standard InChI is InChI=1S/C18H29N7O/c1-11(2)17-20-15(21-22-17)10-25-8-6-7-14(9-25)19-18(26)16-12(3)23-24(5)13(16)4/h11,14H,6-10H2,1-5H3,(H,19,26)(H,20,21,22)/t14-/m0/s1. The maximum Gasteiger partial charge on any atom is 0.255 e. The van der Waals surface area contributed by atoms with Gasteiger partial charge in [0.1, 0.15) is 5.82 Å². The van der Waals surface area contributed by atoms with Crippen LogP contribution in [0.4, 0.5) is 0 Å². The van der Waals surface area contributed by atoms with Gasteiger partial charge in [0.05, 0.1) is 17.8 Å². The van der Waals surface area contributed by atoms with Crippen LogP contribution in [-0.4, -0.2) is 54.9 Å². The van der Waals surface area contributed by atoms with E-state index in [1.54, 1.807) is 4.68 Å². The molecule has 1 fully saturated rings. The molecule has 1 saturated heterocycles. The van der Waals surface area contributed by atoms with Crippen molar-refractivity contribution in [3.8, 4) is 0 Å². The molecular weight excluding hydrogens is 330 g/mol. The molecule has 0 spiro atoms. The molecular formula is C18H29N7O. The summed E-state index contributed by atoms with van der Waals surface area (Å²) in [5, 5.41) is 14.8. The number of amides is 1. The third-order valence-corrected chi connectivity index (χ3v) is 5.02. The molecule has 8 heteroatoms. The van der Waals surface area contributed by atoms with Crippen LogP contribution in [0.5, 0.6) is 0 Å². The molecule has 142 valence electrons. The quantitative estimate of drug-likeness (QED) is 0.847. The highest BCUT2D eigenvalue weighted by atomic mass is 16.1. The molecule has 8 nitrogen and oxygen atoms in total. The Morgan fingerprint density at radius 2 is 2.15 bits per heavy atom. The summed E-state index contributed by atoms with van der Waals surface area (Å²) < 4.78 is 1.76. The number of likely N-dealkylation sites (tertiary alicyclic amines) is 1. The smallest absolute Gasteiger partial charge is 0.255 e. The molecule has 1 atom stereocenters. The highest BCUT2D eigenvalue weighted by Crippen LogP contribution is 2.16. The Kier molecular flexibility index (Phi) is 5.41. The number of carbonyl (C=O) groups is 1. The van der Waals surface area contributed by atoms with Crippen LogP contribution < -0.4 is 5.32 Å². The molecule has 1 amide bonds. The number of aryl methyl sites for hydroxylation is 2. The topological polar surface area (TPSA) is 91.7 Å². The van der Waals surface area contributed by atoms with Crippen molar-refractivity contribution in [1.29, 1.82) is 0 Å². The monoisotopic (exact) mass is 359 g/mol. The fraction of sp³-hybridized carbons (Fsp3) is 0.667. The first-order chi connectivity index (χ1) is 12.3. The number of carbonyl (C=O) groups excluding carboxylic acids is 1. The number of nitrogens with zero attached hydrogens (tertiary/aromatic N) is 5. The Hall–Kier alpha value is -2.22. The number of hydrogen-bond acceptors (Lipinski definition) is 5. The van der Waals surface area contributed by atoms with E-state index in [-0.39, 0.29) is 11.9 Å². The van der Waals surface area contributed by atoms with E-state index in [0.717, 1.165) is 55.5 Å². The number of aromatic nitrogens is 5. The maximum absolute atomic E-state index is 12.7. The van der Waals surface area contributed by atoms with E-state index in [0.29, 0.717) is 11.5 Å². The van der Waals surface area contributed by atoms with Crippen molar-refractivity contribution < 1.29 is 4.79 Å². The van der Waals surface area contributed by atoms with Gasteiger partial charge < -0.3 is 5.32 Å². The number of rotatable bonds is 5. The molecule has 0 saturated carbocycles. The van der Waals surface area contributed by atoms with Crippen LogP contribution in [0.15, 0.2) is 0 Å². The van der Waals surface area contributed by atoms with E-state index in [2.05, 4.69) is 44.3 Å². The number of piperidine rings is 1. The average Bonchev–Trinajstić information content (AvgIpc) is 3.13. The molecule has 2 aromatic heterocycles. The first kappa shape index (κ1) is 18.6. The van der Waals surface area contributed by atoms with Crippen molar-refractivity contribution in [1.82, 2.24) is 35.2 Å². The van der Waals surface area contributed by atoms with Gasteiger partial charge in [0.2, 0.25) is 0 Å². The molecule has 0 aliphatic carbocycles. The summed E-state index contributed by atoms with van der Waals surface area (Å²) in [6.07, 6.45) is 2.05. The van der Waals surface area contributed by atoms with Gasteiger partial charge in [-0.05, 0) is 33.2 Å². The second-order valence-electron chi connectivity index (χ2n) is 7.51. The van der Waals surface area contributed by atoms with Gasteiger partial charge in [0.25, 0.3) is 5.91 Å². The molecule has 1 aliphatic rings. The molecule has 1 aliphatic heterocycles. The van der Waals surface area contributed by atoms with Gasteiger partial charge in [0.15, 0.2) is 5.82 Å². The summed E-state index contributed by atoms with van der Waals surface area (Å²) in [4.78, 5) is 19.6. The van der Waals surface area contributed by atoms with Gasteiger partial charge in [-0.2, -0.15) is 10.2 Å². The number of hydrogen-bond donors (Lipinski definition) is 2. The van der Waals surface area contributed by atoms with E-state index >= 15 is 0 Å². The van der Waals surface area contributed by atoms with E-state index in [4.69, 9.17) is 0 Å². The zero-order valence-corrected chi connectivity index (χ0v) is 16.3. The normalized spacial score (nSPS) is 18.5. The third-order valence-electron chi connectivity index (χ3n) is 5.02. The molecule has 0 aromatic carbocycles. The van der Waals surface area contributed by atoms with Gasteiger partial charge in [-0.3, -0.25) is 19.5 Å². The van der Waals surface area contributed by atoms with E-state index in [9.17, 15) is 4.79 Å². The van der Waals surface area contributed by atoms with Gasteiger partial charge >= 0.3 is 0 Å². The van der Waals surface area contributed by atoms with Crippen LogP contribution >= 0.6 is 0 Å². The minimum Gasteiger partial charge on any atom is -0.348 e. The second-order valence-corrected chi connectivity index (χ2v) is 7.51. The Morgan fingerprint density at radius 1 is 1.38 bits per heavy atom. The predicted molar refractivity (Wildman–Crippen MR) is 98.9 cm³/mol. The molecule has 0 unspecified atom stereocenters. The van der Waals surface area contributed by atoms with Crippen LogP contribution in [0.2, 0.25) is 0 Å². The van der Waals surface area contributed by atoms with Crippen molar-refractivity contribution in [3.63, 3.8) is 0 Å². The molecule has 2 aromatic rings. The lowest BCUT2D eigenvalue weighted by Gasteiger charge is -2.32. The van der Waals surface area contributed by atoms with Gasteiger partial charge in [-0.25, -0.2) is 4.98 Å². The van der Waals surface area contributed by atoms with Crippen LogP contribution in [0.3, 0.4) is 0 Å². The Bertz CT molecular complexity index is 777. The van der Waals surface area contributed by atoms with Gasteiger partial charge in [-0.1, -0.05) is 13.8 Å². The third kappa shape index (κ3) is 3.95. The summed E-state index contributed by atoms with van der Waals surface area (Å²) in [5.41, 5.74) is 2.37. The first-order valence-corrected chi connectivity index (χ1v) is 9.29. The zero-order chi connectivity index (χ0) is 18.8. The lowest BCUT2D eigenvalue weighted by atomic mass is 10.0. The molecule has 3 heterocycles. The van der Waals surface area contributed by atoms with Crippen molar-refractivity contribution in [2.24, 2.45) is 7.05 Å². The Morgan fingerprint density at radius 3 is 2.77 bits per heavy atom. The molecule has 26 heavy (non-hydrogen) atoms. The van der Waals surface area contributed by atoms with E-state index in [1.807, 2.05) is 20.9 Å². The van der Waals surface area contributed by atoms with E-state index < -0.39 is 0 Å². The summed E-state index contributed by atoms with van der Waals surface area (Å²) in [6.45, 7) is 10.5. The highest BCUT2D eigenvalue weighted by Gasteiger charge is 2.25. The minimum absolute atomic E-state index is 0.0262. The number of nitrogens with one attached hydrogen (secondary N) is 2. The largest absolute Gasteiger partial charge is 0.348 e. The van der Waals surface area contributed by atoms with Crippen LogP contribution in [-0.2, 0) is 13.6 Å². The van der Waals surface area contributed by atoms with Crippen molar-refractivity contribution in [2.45, 2.75) is 59.0 Å². The predicted octanol–water partition coefficient (Wildman–Crippen LogP) is 1.67. The van der Waals surface area contributed by atoms with Gasteiger partial charge in [0, 0.05) is 31.2 Å². The fourth-order valence-electron chi connectivity index (χ4n) is 3.53. The second kappa shape index (κ2) is 7.57. The average molecular weight is 359 g/mol. The van der Waals surface area contributed by atoms with Gasteiger partial charge in [-0.15, -0.1) is 0 Å². The minimum atomic E-state index is -0.0262. The SMILES string of the molecule is Cc1nn(C)c(C)c1C(=O)N[C@H]1CCCN(Cc2nc(C(C)C)n[nH]2)C1. The van der Waals surface area contributed by atoms with Crippen molar-refractivity contribution in [3.05, 3.63) is 28.6 Å². The zero-order valence-electron chi connectivity index (χ0n) is 16.3. The first-order valence-electron chi connectivity index (χ1n) is 9.29. The molecule has 3 rings (SSSR count). The summed E-state index contributed by atoms with van der Waals surface area (Å²) >= 11 is 0. The van der Waals surface area contributed by atoms with E-state index in [1.165, 1.54) is 0 Å². The number of H-pyrrole nitrogens is 1. The Labute approximate surface area is 154 Å².